The summed E-state index contributed by atoms with van der Waals surface area (Å²) in [5.41, 5.74) is 5.06. The van der Waals surface area contributed by atoms with E-state index in [1.807, 2.05) is 24.3 Å². The number of Topliss-reactive ketones (excluding diaryl/α,β-unsaturated/α-hetero) is 1. The Labute approximate surface area is 382 Å². The Kier molecular flexibility index (Phi) is 28.6. The molecule has 65 heavy (non-hydrogen) atoms. The number of likely N-dealkylation sites (N-methyl/N-ethyl adjacent to an activating group) is 1. The summed E-state index contributed by atoms with van der Waals surface area (Å²) in [6.45, 7) is 10.1. The summed E-state index contributed by atoms with van der Waals surface area (Å²) in [7, 11) is 1.71. The lowest BCUT2D eigenvalue weighted by atomic mass is 9.98. The highest BCUT2D eigenvalue weighted by Crippen LogP contribution is 2.44. The molecule has 0 fully saturated rings. The van der Waals surface area contributed by atoms with Gasteiger partial charge in [0.25, 0.3) is 5.78 Å². The number of fused-ring (bicyclic) bond motifs is 3. The largest absolute Gasteiger partial charge is 0.457 e. The third-order valence-corrected chi connectivity index (χ3v) is 9.62. The van der Waals surface area contributed by atoms with E-state index in [1.165, 1.54) is 27.2 Å². The molecule has 0 aromatic heterocycles. The minimum Gasteiger partial charge on any atom is -0.457 e. The van der Waals surface area contributed by atoms with Crippen molar-refractivity contribution in [2.24, 2.45) is 0 Å². The summed E-state index contributed by atoms with van der Waals surface area (Å²) in [4.78, 5) is 37.9. The van der Waals surface area contributed by atoms with Crippen LogP contribution in [0.5, 0.6) is 0 Å². The van der Waals surface area contributed by atoms with Gasteiger partial charge in [-0.05, 0) is 22.3 Å². The van der Waals surface area contributed by atoms with Gasteiger partial charge in [0.1, 0.15) is 13.2 Å². The lowest BCUT2D eigenvalue weighted by Gasteiger charge is -2.19. The van der Waals surface area contributed by atoms with Crippen molar-refractivity contribution in [3.63, 3.8) is 0 Å². The van der Waals surface area contributed by atoms with Crippen molar-refractivity contribution < 1.29 is 76.0 Å². The molecule has 4 rings (SSSR count). The number of carbonyl (C=O) groups excluding carboxylic acids is 3. The van der Waals surface area contributed by atoms with Crippen molar-refractivity contribution in [2.75, 3.05) is 172 Å². The van der Waals surface area contributed by atoms with E-state index in [4.69, 9.17) is 61.6 Å². The second-order valence-electron chi connectivity index (χ2n) is 14.3. The molecule has 0 aliphatic heterocycles. The van der Waals surface area contributed by atoms with E-state index < -0.39 is 11.8 Å². The maximum atomic E-state index is 12.6. The van der Waals surface area contributed by atoms with Crippen LogP contribution in [0, 0.1) is 0 Å². The Balaban J connectivity index is 0.775. The number of rotatable bonds is 40. The lowest BCUT2D eigenvalue weighted by Crippen LogP contribution is -2.32. The fraction of sp³-hybridized carbons (Fsp3) is 0.562. The van der Waals surface area contributed by atoms with Crippen LogP contribution in [0.3, 0.4) is 0 Å². The zero-order chi connectivity index (χ0) is 45.8. The van der Waals surface area contributed by atoms with Gasteiger partial charge in [-0.25, -0.2) is 9.59 Å². The van der Waals surface area contributed by atoms with Crippen molar-refractivity contribution >= 4 is 17.8 Å². The van der Waals surface area contributed by atoms with E-state index in [-0.39, 0.29) is 31.8 Å². The summed E-state index contributed by atoms with van der Waals surface area (Å²) in [6, 6.07) is 24.8. The highest BCUT2D eigenvalue weighted by Gasteiger charge is 2.29. The quantitative estimate of drug-likeness (QED) is 0.0338. The van der Waals surface area contributed by atoms with Gasteiger partial charge in [0.15, 0.2) is 0 Å². The number of ketones is 1. The molecule has 3 aromatic carbocycles. The van der Waals surface area contributed by atoms with Gasteiger partial charge in [0.2, 0.25) is 0 Å². The van der Waals surface area contributed by atoms with Crippen molar-refractivity contribution in [1.29, 1.82) is 0 Å². The Morgan fingerprint density at radius 3 is 1.11 bits per heavy atom. The predicted molar refractivity (Wildman–Crippen MR) is 238 cm³/mol. The van der Waals surface area contributed by atoms with Gasteiger partial charge in [-0.1, -0.05) is 78.9 Å². The molecule has 1 aliphatic carbocycles. The maximum Gasteiger partial charge on any atom is 0.409 e. The van der Waals surface area contributed by atoms with Crippen LogP contribution in [-0.2, 0) is 66.4 Å². The maximum absolute atomic E-state index is 12.6. The topological polar surface area (TPSA) is 174 Å². The first-order valence-corrected chi connectivity index (χ1v) is 22.2. The second-order valence-corrected chi connectivity index (χ2v) is 14.3. The molecule has 0 bridgehead atoms. The molecule has 3 aromatic rings. The van der Waals surface area contributed by atoms with Crippen molar-refractivity contribution in [2.45, 2.75) is 5.92 Å². The van der Waals surface area contributed by atoms with E-state index in [2.05, 4.69) is 24.3 Å². The van der Waals surface area contributed by atoms with Crippen LogP contribution in [0.1, 0.15) is 27.4 Å². The summed E-state index contributed by atoms with van der Waals surface area (Å²) in [5.74, 6) is -1.55. The molecule has 0 unspecified atom stereocenters. The van der Waals surface area contributed by atoms with Gasteiger partial charge in [0, 0.05) is 25.1 Å². The molecule has 17 nitrogen and oxygen atoms in total. The van der Waals surface area contributed by atoms with Crippen LogP contribution in [0.25, 0.3) is 11.1 Å². The number of amides is 1. The highest BCUT2D eigenvalue weighted by atomic mass is 16.6. The molecule has 0 atom stereocenters. The van der Waals surface area contributed by atoms with Crippen molar-refractivity contribution in [3.8, 4) is 11.1 Å². The average Bonchev–Trinajstić information content (AvgIpc) is 3.66. The first kappa shape index (κ1) is 53.2. The van der Waals surface area contributed by atoms with Gasteiger partial charge in [-0.15, -0.1) is 0 Å². The van der Waals surface area contributed by atoms with E-state index in [0.29, 0.717) is 151 Å². The van der Waals surface area contributed by atoms with E-state index in [0.717, 1.165) is 0 Å². The molecule has 0 N–H and O–H groups in total. The van der Waals surface area contributed by atoms with E-state index in [9.17, 15) is 14.4 Å². The molecule has 0 heterocycles. The SMILES string of the molecule is CN(CCOCCOCCOCCOCCOCCOCCOCCOCCOCCOCCOCCOC(=O)C(=O)c1ccccc1)C(=O)OCC1c2ccccc2-c2ccccc21. The number of carbonyl (C=O) groups is 3. The number of hydrogen-bond acceptors (Lipinski definition) is 16. The molecule has 0 spiro atoms. The first-order chi connectivity index (χ1) is 32.1. The third kappa shape index (κ3) is 22.6. The molecule has 1 aliphatic rings. The fourth-order valence-electron chi connectivity index (χ4n) is 6.26. The molecule has 1 amide bonds. The number of hydrogen-bond donors (Lipinski definition) is 0. The van der Waals surface area contributed by atoms with Crippen LogP contribution >= 0.6 is 0 Å². The standard InChI is InChI=1S/C48H67NO16/c1-49(48(52)65-39-45-43-13-7-5-11-41(43)42-12-6-8-14-44(42)45)15-16-53-17-18-54-19-20-55-21-22-56-23-24-57-25-26-58-27-28-59-29-30-60-31-32-61-33-34-62-35-36-63-37-38-64-47(51)46(50)40-9-3-2-4-10-40/h2-14,45H,15-39H2,1H3. The smallest absolute Gasteiger partial charge is 0.409 e. The monoisotopic (exact) mass is 913 g/mol. The van der Waals surface area contributed by atoms with Crippen LogP contribution in [-0.4, -0.2) is 195 Å². The zero-order valence-electron chi connectivity index (χ0n) is 37.7. The summed E-state index contributed by atoms with van der Waals surface area (Å²) in [6.07, 6.45) is -0.372. The molecular formula is C48H67NO16. The summed E-state index contributed by atoms with van der Waals surface area (Å²) < 4.78 is 71.1. The highest BCUT2D eigenvalue weighted by molar-refractivity contribution is 6.40. The number of nitrogens with zero attached hydrogens (tertiary/aromatic N) is 1. The number of ether oxygens (including phenoxy) is 13. The van der Waals surface area contributed by atoms with Crippen molar-refractivity contribution in [3.05, 3.63) is 95.6 Å². The predicted octanol–water partition coefficient (Wildman–Crippen LogP) is 4.48. The Bertz CT molecular complexity index is 1670. The third-order valence-electron chi connectivity index (χ3n) is 9.62. The minimum absolute atomic E-state index is 0.0101. The minimum atomic E-state index is -0.902. The van der Waals surface area contributed by atoms with E-state index >= 15 is 0 Å². The van der Waals surface area contributed by atoms with E-state index in [1.54, 1.807) is 37.4 Å². The molecule has 17 heteroatoms. The number of esters is 1. The fourth-order valence-corrected chi connectivity index (χ4v) is 6.26. The van der Waals surface area contributed by atoms with Gasteiger partial charge >= 0.3 is 12.1 Å². The molecular weight excluding hydrogens is 847 g/mol. The number of benzene rings is 3. The van der Waals surface area contributed by atoms with Gasteiger partial charge in [0.05, 0.1) is 145 Å². The van der Waals surface area contributed by atoms with Crippen LogP contribution in [0.2, 0.25) is 0 Å². The molecule has 360 valence electrons. The van der Waals surface area contributed by atoms with Gasteiger partial charge in [-0.2, -0.15) is 0 Å². The van der Waals surface area contributed by atoms with Crippen LogP contribution in [0.15, 0.2) is 78.9 Å². The van der Waals surface area contributed by atoms with Gasteiger partial charge in [-0.3, -0.25) is 4.79 Å². The Morgan fingerprint density at radius 1 is 0.400 bits per heavy atom. The summed E-state index contributed by atoms with van der Waals surface area (Å²) in [5, 5.41) is 0. The Hall–Kier alpha value is -4.37. The second kappa shape index (κ2) is 34.9. The average molecular weight is 914 g/mol. The van der Waals surface area contributed by atoms with Crippen LogP contribution in [0.4, 0.5) is 4.79 Å². The first-order valence-electron chi connectivity index (χ1n) is 22.2. The van der Waals surface area contributed by atoms with Gasteiger partial charge < -0.3 is 66.5 Å². The normalized spacial score (nSPS) is 12.0. The van der Waals surface area contributed by atoms with Crippen LogP contribution < -0.4 is 0 Å². The summed E-state index contributed by atoms with van der Waals surface area (Å²) >= 11 is 0. The van der Waals surface area contributed by atoms with Crippen molar-refractivity contribution in [1.82, 2.24) is 4.90 Å². The Morgan fingerprint density at radius 2 is 0.723 bits per heavy atom. The lowest BCUT2D eigenvalue weighted by molar-refractivity contribution is -0.139. The molecule has 0 saturated heterocycles. The zero-order valence-corrected chi connectivity index (χ0v) is 37.7. The molecule has 0 saturated carbocycles. The molecule has 0 radical (unpaired) electrons.